The lowest BCUT2D eigenvalue weighted by atomic mass is 9.83. The molecule has 0 unspecified atom stereocenters. The Kier molecular flexibility index (Phi) is 6.04. The fourth-order valence-electron chi connectivity index (χ4n) is 4.05. The lowest BCUT2D eigenvalue weighted by Crippen LogP contribution is -2.22. The van der Waals surface area contributed by atoms with Crippen LogP contribution in [0.5, 0.6) is 17.4 Å². The first-order valence-electron chi connectivity index (χ1n) is 10.7. The first-order chi connectivity index (χ1) is 15.6. The van der Waals surface area contributed by atoms with Gasteiger partial charge in [0.1, 0.15) is 11.6 Å². The van der Waals surface area contributed by atoms with Crippen LogP contribution < -0.4 is 19.9 Å². The van der Waals surface area contributed by atoms with Gasteiger partial charge in [0.25, 0.3) is 0 Å². The van der Waals surface area contributed by atoms with Gasteiger partial charge in [0.2, 0.25) is 11.8 Å². The Morgan fingerprint density at radius 2 is 1.94 bits per heavy atom. The van der Waals surface area contributed by atoms with Gasteiger partial charge in [0, 0.05) is 0 Å². The van der Waals surface area contributed by atoms with Crippen LogP contribution in [0.25, 0.3) is 5.69 Å². The van der Waals surface area contributed by atoms with Crippen LogP contribution in [-0.2, 0) is 6.42 Å². The molecular weight excluding hydrogens is 404 g/mol. The maximum Gasteiger partial charge on any atom is 0.229 e. The molecule has 2 heterocycles. The number of nitrogens with two attached hydrogens (primary N) is 1. The molecular formula is C25H26N4O3. The highest BCUT2D eigenvalue weighted by Gasteiger charge is 2.37. The highest BCUT2D eigenvalue weighted by molar-refractivity contribution is 5.59. The van der Waals surface area contributed by atoms with Gasteiger partial charge in [0.15, 0.2) is 11.5 Å². The molecule has 0 fully saturated rings. The number of para-hydroxylation sites is 1. The maximum atomic E-state index is 9.98. The third-order valence-electron chi connectivity index (χ3n) is 5.43. The van der Waals surface area contributed by atoms with E-state index in [0.29, 0.717) is 29.6 Å². The van der Waals surface area contributed by atoms with E-state index in [1.165, 1.54) is 0 Å². The van der Waals surface area contributed by atoms with Crippen LogP contribution in [0.1, 0.15) is 43.0 Å². The quantitative estimate of drug-likeness (QED) is 0.595. The molecule has 0 aliphatic carbocycles. The number of nitriles is 1. The van der Waals surface area contributed by atoms with E-state index in [1.807, 2.05) is 55.5 Å². The van der Waals surface area contributed by atoms with Crippen LogP contribution in [0.3, 0.4) is 0 Å². The molecule has 2 N–H and O–H groups in total. The van der Waals surface area contributed by atoms with Gasteiger partial charge in [-0.3, -0.25) is 0 Å². The Balaban J connectivity index is 1.95. The number of aryl methyl sites for hydroxylation is 1. The molecule has 32 heavy (non-hydrogen) atoms. The molecule has 1 aliphatic rings. The van der Waals surface area contributed by atoms with Crippen LogP contribution in [0.4, 0.5) is 0 Å². The zero-order valence-electron chi connectivity index (χ0n) is 18.5. The second-order valence-electron chi connectivity index (χ2n) is 7.43. The molecule has 1 aromatic heterocycles. The second kappa shape index (κ2) is 9.06. The first kappa shape index (κ1) is 21.3. The number of allylic oxidation sites excluding steroid dienone is 1. The molecule has 0 saturated heterocycles. The number of aromatic nitrogens is 2. The third kappa shape index (κ3) is 3.65. The highest BCUT2D eigenvalue weighted by Crippen LogP contribution is 2.46. The van der Waals surface area contributed by atoms with Gasteiger partial charge in [-0.25, -0.2) is 4.68 Å². The molecule has 2 aromatic carbocycles. The van der Waals surface area contributed by atoms with E-state index in [1.54, 1.807) is 11.8 Å². The summed E-state index contributed by atoms with van der Waals surface area (Å²) < 4.78 is 19.0. The summed E-state index contributed by atoms with van der Waals surface area (Å²) in [6.07, 6.45) is 1.65. The fraction of sp³-hybridized carbons (Fsp3) is 0.280. The summed E-state index contributed by atoms with van der Waals surface area (Å²) in [6, 6.07) is 17.7. The van der Waals surface area contributed by atoms with Crippen molar-refractivity contribution in [3.63, 3.8) is 0 Å². The minimum Gasteiger partial charge on any atom is -0.493 e. The molecule has 4 rings (SSSR count). The standard InChI is InChI=1S/C25H26N4O3/c1-4-9-19-23-22(16-12-13-20(31-5-2)21(14-16)30-3)18(15-26)24(27)32-25(23)29(28-19)17-10-7-6-8-11-17/h6-8,10-14,22H,4-5,9,27H2,1-3H3/t22-/m0/s1. The number of nitrogens with zero attached hydrogens (tertiary/aromatic N) is 3. The minimum absolute atomic E-state index is 0.0815. The Bertz CT molecular complexity index is 1190. The van der Waals surface area contributed by atoms with Gasteiger partial charge in [-0.05, 0) is 43.2 Å². The second-order valence-corrected chi connectivity index (χ2v) is 7.43. The van der Waals surface area contributed by atoms with Crippen molar-refractivity contribution in [2.45, 2.75) is 32.6 Å². The van der Waals surface area contributed by atoms with Crippen molar-refractivity contribution >= 4 is 0 Å². The number of ether oxygens (including phenoxy) is 3. The molecule has 0 saturated carbocycles. The Morgan fingerprint density at radius 1 is 1.16 bits per heavy atom. The zero-order valence-corrected chi connectivity index (χ0v) is 18.5. The summed E-state index contributed by atoms with van der Waals surface area (Å²) >= 11 is 0. The van der Waals surface area contributed by atoms with E-state index in [9.17, 15) is 5.26 Å². The van der Waals surface area contributed by atoms with Crippen LogP contribution >= 0.6 is 0 Å². The van der Waals surface area contributed by atoms with E-state index in [4.69, 9.17) is 25.0 Å². The molecule has 0 spiro atoms. The van der Waals surface area contributed by atoms with Crippen molar-refractivity contribution in [3.05, 3.63) is 76.8 Å². The summed E-state index contributed by atoms with van der Waals surface area (Å²) in [4.78, 5) is 0. The van der Waals surface area contributed by atoms with Crippen molar-refractivity contribution in [1.29, 1.82) is 5.26 Å². The zero-order chi connectivity index (χ0) is 22.7. The summed E-state index contributed by atoms with van der Waals surface area (Å²) in [5.41, 5.74) is 10.1. The molecule has 7 nitrogen and oxygen atoms in total. The normalized spacial score (nSPS) is 15.0. The average molecular weight is 431 g/mol. The van der Waals surface area contributed by atoms with Gasteiger partial charge >= 0.3 is 0 Å². The van der Waals surface area contributed by atoms with E-state index in [0.717, 1.165) is 35.3 Å². The Labute approximate surface area is 187 Å². The predicted octanol–water partition coefficient (Wildman–Crippen LogP) is 4.45. The molecule has 164 valence electrons. The average Bonchev–Trinajstić information content (AvgIpc) is 3.17. The van der Waals surface area contributed by atoms with E-state index >= 15 is 0 Å². The summed E-state index contributed by atoms with van der Waals surface area (Å²) in [5, 5.41) is 14.8. The van der Waals surface area contributed by atoms with Crippen LogP contribution in [0, 0.1) is 11.3 Å². The van der Waals surface area contributed by atoms with Gasteiger partial charge < -0.3 is 19.9 Å². The number of hydrogen-bond acceptors (Lipinski definition) is 6. The molecule has 0 radical (unpaired) electrons. The molecule has 7 heteroatoms. The van der Waals surface area contributed by atoms with Crippen molar-refractivity contribution in [2.24, 2.45) is 5.73 Å². The van der Waals surface area contributed by atoms with Crippen molar-refractivity contribution < 1.29 is 14.2 Å². The number of benzene rings is 2. The fourth-order valence-corrected chi connectivity index (χ4v) is 4.05. The van der Waals surface area contributed by atoms with Crippen molar-refractivity contribution in [2.75, 3.05) is 13.7 Å². The number of methoxy groups -OCH3 is 1. The summed E-state index contributed by atoms with van der Waals surface area (Å²) in [7, 11) is 1.60. The van der Waals surface area contributed by atoms with Gasteiger partial charge in [0.05, 0.1) is 36.6 Å². The lowest BCUT2D eigenvalue weighted by molar-refractivity contribution is 0.310. The van der Waals surface area contributed by atoms with Gasteiger partial charge in [-0.15, -0.1) is 0 Å². The van der Waals surface area contributed by atoms with Crippen molar-refractivity contribution in [1.82, 2.24) is 9.78 Å². The summed E-state index contributed by atoms with van der Waals surface area (Å²) in [6.45, 7) is 4.55. The van der Waals surface area contributed by atoms with Gasteiger partial charge in [-0.1, -0.05) is 37.6 Å². The minimum atomic E-state index is -0.424. The Morgan fingerprint density at radius 3 is 2.59 bits per heavy atom. The number of fused-ring (bicyclic) bond motifs is 1. The predicted molar refractivity (Wildman–Crippen MR) is 121 cm³/mol. The largest absolute Gasteiger partial charge is 0.493 e. The molecule has 3 aromatic rings. The highest BCUT2D eigenvalue weighted by atomic mass is 16.5. The maximum absolute atomic E-state index is 9.98. The lowest BCUT2D eigenvalue weighted by Gasteiger charge is -2.25. The third-order valence-corrected chi connectivity index (χ3v) is 5.43. The van der Waals surface area contributed by atoms with Crippen LogP contribution in [0.2, 0.25) is 0 Å². The summed E-state index contributed by atoms with van der Waals surface area (Å²) in [5.74, 6) is 1.44. The van der Waals surface area contributed by atoms with Crippen LogP contribution in [-0.4, -0.2) is 23.5 Å². The monoisotopic (exact) mass is 430 g/mol. The van der Waals surface area contributed by atoms with Crippen LogP contribution in [0.15, 0.2) is 60.0 Å². The van der Waals surface area contributed by atoms with E-state index in [2.05, 4.69) is 13.0 Å². The van der Waals surface area contributed by atoms with Gasteiger partial charge in [-0.2, -0.15) is 10.4 Å². The molecule has 0 bridgehead atoms. The first-order valence-corrected chi connectivity index (χ1v) is 10.7. The molecule has 1 atom stereocenters. The number of rotatable bonds is 7. The van der Waals surface area contributed by atoms with E-state index < -0.39 is 5.92 Å². The smallest absolute Gasteiger partial charge is 0.229 e. The molecule has 1 aliphatic heterocycles. The van der Waals surface area contributed by atoms with Crippen molar-refractivity contribution in [3.8, 4) is 29.1 Å². The number of hydrogen-bond donors (Lipinski definition) is 1. The molecule has 0 amide bonds. The van der Waals surface area contributed by atoms with E-state index in [-0.39, 0.29) is 5.88 Å². The SMILES string of the molecule is CCCc1nn(-c2ccccc2)c2c1[C@@H](c1ccc(OCC)c(OC)c1)C(C#N)=C(N)O2. The topological polar surface area (TPSA) is 95.3 Å². The Hall–Kier alpha value is -3.92.